The summed E-state index contributed by atoms with van der Waals surface area (Å²) in [5.74, 6) is 0.399. The summed E-state index contributed by atoms with van der Waals surface area (Å²) in [4.78, 5) is 35.4. The molecule has 2 aromatic rings. The molecule has 1 unspecified atom stereocenters. The number of rotatable bonds is 3. The van der Waals surface area contributed by atoms with E-state index < -0.39 is 0 Å². The fourth-order valence-electron chi connectivity index (χ4n) is 3.98. The van der Waals surface area contributed by atoms with E-state index in [1.54, 1.807) is 23.2 Å². The maximum absolute atomic E-state index is 13.0. The second-order valence-electron chi connectivity index (χ2n) is 7.54. The predicted molar refractivity (Wildman–Crippen MR) is 109 cm³/mol. The molecule has 0 saturated carbocycles. The maximum atomic E-state index is 13.0. The zero-order valence-electron chi connectivity index (χ0n) is 16.4. The molecule has 0 N–H and O–H groups in total. The van der Waals surface area contributed by atoms with Gasteiger partial charge in [-0.05, 0) is 31.2 Å². The molecule has 2 amide bonds. The Morgan fingerprint density at radius 1 is 1.14 bits per heavy atom. The number of benzene rings is 1. The first-order valence-corrected chi connectivity index (χ1v) is 9.82. The topological polar surface area (TPSA) is 80.5 Å². The number of piperazine rings is 1. The standard InChI is InChI=1S/C22H23N5O2/c1-16-4-6-19(7-5-16)27-15-18(13-20(27)28)22(29)26-11-9-25(10-12-26)21-17(14-23)3-2-8-24-21/h2-8,18H,9-13,15H2,1H3. The van der Waals surface area contributed by atoms with Crippen molar-refractivity contribution in [2.24, 2.45) is 5.92 Å². The Bertz CT molecular complexity index is 958. The molecule has 0 spiro atoms. The highest BCUT2D eigenvalue weighted by molar-refractivity contribution is 6.00. The second-order valence-corrected chi connectivity index (χ2v) is 7.54. The summed E-state index contributed by atoms with van der Waals surface area (Å²) < 4.78 is 0. The fraction of sp³-hybridized carbons (Fsp3) is 0.364. The van der Waals surface area contributed by atoms with Crippen molar-refractivity contribution >= 4 is 23.3 Å². The van der Waals surface area contributed by atoms with Gasteiger partial charge in [0.25, 0.3) is 0 Å². The van der Waals surface area contributed by atoms with E-state index in [9.17, 15) is 14.9 Å². The van der Waals surface area contributed by atoms with Gasteiger partial charge in [0.2, 0.25) is 11.8 Å². The van der Waals surface area contributed by atoms with E-state index in [2.05, 4.69) is 11.1 Å². The van der Waals surface area contributed by atoms with E-state index in [-0.39, 0.29) is 24.2 Å². The Balaban J connectivity index is 1.38. The quantitative estimate of drug-likeness (QED) is 0.802. The number of anilines is 2. The van der Waals surface area contributed by atoms with Gasteiger partial charge in [0.1, 0.15) is 11.9 Å². The van der Waals surface area contributed by atoms with Crippen LogP contribution in [0.25, 0.3) is 0 Å². The predicted octanol–water partition coefficient (Wildman–Crippen LogP) is 1.96. The highest BCUT2D eigenvalue weighted by atomic mass is 16.2. The summed E-state index contributed by atoms with van der Waals surface area (Å²) in [5, 5.41) is 9.27. The monoisotopic (exact) mass is 389 g/mol. The van der Waals surface area contributed by atoms with Crippen LogP contribution >= 0.6 is 0 Å². The number of hydrogen-bond donors (Lipinski definition) is 0. The van der Waals surface area contributed by atoms with Gasteiger partial charge in [0, 0.05) is 51.0 Å². The van der Waals surface area contributed by atoms with Gasteiger partial charge in [-0.2, -0.15) is 5.26 Å². The van der Waals surface area contributed by atoms with Gasteiger partial charge in [0.05, 0.1) is 11.5 Å². The minimum atomic E-state index is -0.306. The molecule has 7 heteroatoms. The first kappa shape index (κ1) is 18.9. The molecule has 1 aromatic heterocycles. The Morgan fingerprint density at radius 3 is 2.55 bits per heavy atom. The number of aryl methyl sites for hydroxylation is 1. The number of hydrogen-bond acceptors (Lipinski definition) is 5. The van der Waals surface area contributed by atoms with Crippen LogP contribution in [0.1, 0.15) is 17.5 Å². The van der Waals surface area contributed by atoms with Crippen molar-refractivity contribution in [1.29, 1.82) is 5.26 Å². The summed E-state index contributed by atoms with van der Waals surface area (Å²) in [7, 11) is 0. The van der Waals surface area contributed by atoms with Crippen LogP contribution in [-0.2, 0) is 9.59 Å². The van der Waals surface area contributed by atoms with Gasteiger partial charge >= 0.3 is 0 Å². The SMILES string of the molecule is Cc1ccc(N2CC(C(=O)N3CCN(c4ncccc4C#N)CC3)CC2=O)cc1. The number of pyridine rings is 1. The van der Waals surface area contributed by atoms with Crippen LogP contribution in [-0.4, -0.2) is 54.4 Å². The first-order valence-electron chi connectivity index (χ1n) is 9.82. The van der Waals surface area contributed by atoms with E-state index in [1.807, 2.05) is 41.0 Å². The molecular weight excluding hydrogens is 366 g/mol. The number of carbonyl (C=O) groups is 2. The lowest BCUT2D eigenvalue weighted by molar-refractivity contribution is -0.136. The largest absolute Gasteiger partial charge is 0.352 e. The van der Waals surface area contributed by atoms with Crippen LogP contribution in [0, 0.1) is 24.2 Å². The van der Waals surface area contributed by atoms with Crippen LogP contribution in [0.2, 0.25) is 0 Å². The normalized spacial score (nSPS) is 19.4. The number of amides is 2. The van der Waals surface area contributed by atoms with Crippen molar-refractivity contribution < 1.29 is 9.59 Å². The van der Waals surface area contributed by atoms with Crippen LogP contribution in [0.15, 0.2) is 42.6 Å². The molecule has 148 valence electrons. The molecule has 7 nitrogen and oxygen atoms in total. The van der Waals surface area contributed by atoms with Crippen molar-refractivity contribution in [3.8, 4) is 6.07 Å². The van der Waals surface area contributed by atoms with Gasteiger partial charge < -0.3 is 14.7 Å². The Labute approximate surface area is 170 Å². The minimum Gasteiger partial charge on any atom is -0.352 e. The molecule has 3 heterocycles. The van der Waals surface area contributed by atoms with Crippen molar-refractivity contribution in [3.05, 3.63) is 53.7 Å². The summed E-state index contributed by atoms with van der Waals surface area (Å²) >= 11 is 0. The molecule has 2 fully saturated rings. The molecule has 1 atom stereocenters. The third-order valence-electron chi connectivity index (χ3n) is 5.62. The van der Waals surface area contributed by atoms with Crippen LogP contribution in [0.3, 0.4) is 0 Å². The lowest BCUT2D eigenvalue weighted by atomic mass is 10.1. The second kappa shape index (κ2) is 7.92. The van der Waals surface area contributed by atoms with E-state index in [0.717, 1.165) is 11.3 Å². The molecule has 0 bridgehead atoms. The van der Waals surface area contributed by atoms with Gasteiger partial charge in [0.15, 0.2) is 0 Å². The molecule has 2 aliphatic heterocycles. The number of nitriles is 1. The molecular formula is C22H23N5O2. The molecule has 0 aliphatic carbocycles. The van der Waals surface area contributed by atoms with Crippen molar-refractivity contribution in [1.82, 2.24) is 9.88 Å². The zero-order chi connectivity index (χ0) is 20.4. The van der Waals surface area contributed by atoms with Crippen molar-refractivity contribution in [3.63, 3.8) is 0 Å². The average molecular weight is 389 g/mol. The van der Waals surface area contributed by atoms with E-state index >= 15 is 0 Å². The molecule has 29 heavy (non-hydrogen) atoms. The fourth-order valence-corrected chi connectivity index (χ4v) is 3.98. The third kappa shape index (κ3) is 3.79. The maximum Gasteiger partial charge on any atom is 0.228 e. The van der Waals surface area contributed by atoms with Crippen LogP contribution in [0.5, 0.6) is 0 Å². The minimum absolute atomic E-state index is 0.00186. The number of nitrogens with zero attached hydrogens (tertiary/aromatic N) is 5. The number of aromatic nitrogens is 1. The highest BCUT2D eigenvalue weighted by Crippen LogP contribution is 2.27. The Kier molecular flexibility index (Phi) is 5.17. The summed E-state index contributed by atoms with van der Waals surface area (Å²) in [6, 6.07) is 13.5. The lowest BCUT2D eigenvalue weighted by Crippen LogP contribution is -2.51. The number of carbonyl (C=O) groups excluding carboxylic acids is 2. The third-order valence-corrected chi connectivity index (χ3v) is 5.62. The Morgan fingerprint density at radius 2 is 1.86 bits per heavy atom. The highest BCUT2D eigenvalue weighted by Gasteiger charge is 2.38. The van der Waals surface area contributed by atoms with Crippen LogP contribution in [0.4, 0.5) is 11.5 Å². The van der Waals surface area contributed by atoms with Gasteiger partial charge in [-0.15, -0.1) is 0 Å². The Hall–Kier alpha value is -3.40. The van der Waals surface area contributed by atoms with Gasteiger partial charge in [-0.25, -0.2) is 4.98 Å². The molecule has 2 aliphatic rings. The summed E-state index contributed by atoms with van der Waals surface area (Å²) in [5.41, 5.74) is 2.53. The molecule has 4 rings (SSSR count). The molecule has 0 radical (unpaired) electrons. The van der Waals surface area contributed by atoms with Crippen LogP contribution < -0.4 is 9.80 Å². The van der Waals surface area contributed by atoms with Crippen molar-refractivity contribution in [2.45, 2.75) is 13.3 Å². The van der Waals surface area contributed by atoms with E-state index in [4.69, 9.17) is 0 Å². The van der Waals surface area contributed by atoms with E-state index in [0.29, 0.717) is 44.1 Å². The smallest absolute Gasteiger partial charge is 0.228 e. The van der Waals surface area contributed by atoms with Gasteiger partial charge in [-0.1, -0.05) is 17.7 Å². The first-order chi connectivity index (χ1) is 14.1. The lowest BCUT2D eigenvalue weighted by Gasteiger charge is -2.36. The zero-order valence-corrected chi connectivity index (χ0v) is 16.4. The van der Waals surface area contributed by atoms with Crippen molar-refractivity contribution in [2.75, 3.05) is 42.5 Å². The van der Waals surface area contributed by atoms with E-state index in [1.165, 1.54) is 0 Å². The summed E-state index contributed by atoms with van der Waals surface area (Å²) in [6.45, 7) is 4.82. The molecule has 2 saturated heterocycles. The average Bonchev–Trinajstić information content (AvgIpc) is 3.15. The molecule has 1 aromatic carbocycles. The summed E-state index contributed by atoms with van der Waals surface area (Å²) in [6.07, 6.45) is 1.93. The van der Waals surface area contributed by atoms with Gasteiger partial charge in [-0.3, -0.25) is 9.59 Å².